The molecule has 4 nitrogen and oxygen atoms in total. The van der Waals surface area contributed by atoms with Crippen LogP contribution in [0.1, 0.15) is 30.7 Å². The van der Waals surface area contributed by atoms with Gasteiger partial charge in [-0.05, 0) is 64.5 Å². The van der Waals surface area contributed by atoms with Gasteiger partial charge in [0.15, 0.2) is 0 Å². The van der Waals surface area contributed by atoms with Crippen LogP contribution >= 0.6 is 27.3 Å². The van der Waals surface area contributed by atoms with Gasteiger partial charge in [-0.25, -0.2) is 8.42 Å². The average Bonchev–Trinajstić information content (AvgIpc) is 2.88. The number of rotatable bonds is 4. The Bertz CT molecular complexity index is 786. The van der Waals surface area contributed by atoms with Crippen molar-refractivity contribution in [2.24, 2.45) is 0 Å². The molecule has 0 aliphatic carbocycles. The molecule has 0 radical (unpaired) electrons. The van der Waals surface area contributed by atoms with Gasteiger partial charge in [-0.15, -0.1) is 11.3 Å². The van der Waals surface area contributed by atoms with Crippen LogP contribution in [0.4, 0.5) is 0 Å². The number of halogens is 1. The zero-order valence-corrected chi connectivity index (χ0v) is 16.7. The zero-order chi connectivity index (χ0) is 17.2. The molecule has 0 bridgehead atoms. The summed E-state index contributed by atoms with van der Waals surface area (Å²) in [5.74, 6) is 1.04. The van der Waals surface area contributed by atoms with E-state index in [1.807, 2.05) is 24.3 Å². The number of methoxy groups -OCH3 is 1. The van der Waals surface area contributed by atoms with Crippen molar-refractivity contribution < 1.29 is 13.2 Å². The number of benzene rings is 1. The Morgan fingerprint density at radius 2 is 1.92 bits per heavy atom. The molecule has 24 heavy (non-hydrogen) atoms. The van der Waals surface area contributed by atoms with Crippen molar-refractivity contribution in [1.29, 1.82) is 0 Å². The van der Waals surface area contributed by atoms with E-state index in [9.17, 15) is 8.42 Å². The fraction of sp³-hybridized carbons (Fsp3) is 0.412. The summed E-state index contributed by atoms with van der Waals surface area (Å²) in [5, 5.41) is 0. The molecule has 1 aliphatic rings. The number of nitrogens with zero attached hydrogens (tertiary/aromatic N) is 1. The van der Waals surface area contributed by atoms with Gasteiger partial charge in [-0.2, -0.15) is 4.31 Å². The van der Waals surface area contributed by atoms with Gasteiger partial charge >= 0.3 is 0 Å². The molecule has 7 heteroatoms. The number of hydrogen-bond acceptors (Lipinski definition) is 4. The van der Waals surface area contributed by atoms with Gasteiger partial charge in [-0.3, -0.25) is 0 Å². The Hall–Kier alpha value is -0.890. The van der Waals surface area contributed by atoms with E-state index in [2.05, 4.69) is 15.9 Å². The molecule has 1 aliphatic heterocycles. The molecule has 2 heterocycles. The molecule has 1 unspecified atom stereocenters. The van der Waals surface area contributed by atoms with Crippen LogP contribution in [0, 0.1) is 0 Å². The maximum atomic E-state index is 12.9. The normalized spacial score (nSPS) is 19.8. The first-order valence-electron chi connectivity index (χ1n) is 7.90. The van der Waals surface area contributed by atoms with Gasteiger partial charge in [0.25, 0.3) is 10.0 Å². The van der Waals surface area contributed by atoms with Crippen molar-refractivity contribution in [2.45, 2.75) is 29.4 Å². The quantitative estimate of drug-likeness (QED) is 0.719. The second-order valence-corrected chi connectivity index (χ2v) is 10.5. The highest BCUT2D eigenvalue weighted by molar-refractivity contribution is 9.11. The molecule has 130 valence electrons. The third kappa shape index (κ3) is 3.85. The summed E-state index contributed by atoms with van der Waals surface area (Å²) >= 11 is 4.62. The predicted molar refractivity (Wildman–Crippen MR) is 100 cm³/mol. The van der Waals surface area contributed by atoms with Crippen molar-refractivity contribution in [2.75, 3.05) is 20.2 Å². The molecule has 2 aromatic rings. The summed E-state index contributed by atoms with van der Waals surface area (Å²) in [6.45, 7) is 1.12. The van der Waals surface area contributed by atoms with E-state index >= 15 is 0 Å². The highest BCUT2D eigenvalue weighted by atomic mass is 79.9. The van der Waals surface area contributed by atoms with E-state index in [0.717, 1.165) is 28.8 Å². The molecule has 0 saturated carbocycles. The summed E-state index contributed by atoms with van der Waals surface area (Å²) < 4.78 is 33.9. The van der Waals surface area contributed by atoms with Gasteiger partial charge in [0.2, 0.25) is 0 Å². The Kier molecular flexibility index (Phi) is 5.64. The predicted octanol–water partition coefficient (Wildman–Crippen LogP) is 4.48. The minimum Gasteiger partial charge on any atom is -0.497 e. The topological polar surface area (TPSA) is 46.6 Å². The van der Waals surface area contributed by atoms with Crippen molar-refractivity contribution in [3.05, 3.63) is 45.7 Å². The maximum Gasteiger partial charge on any atom is 0.252 e. The van der Waals surface area contributed by atoms with Gasteiger partial charge in [0.1, 0.15) is 9.96 Å². The molecule has 1 saturated heterocycles. The van der Waals surface area contributed by atoms with E-state index in [0.29, 0.717) is 17.3 Å². The summed E-state index contributed by atoms with van der Waals surface area (Å²) in [5.41, 5.74) is 1.17. The minimum absolute atomic E-state index is 0.219. The number of ether oxygens (including phenoxy) is 1. The first kappa shape index (κ1) is 17.9. The van der Waals surface area contributed by atoms with E-state index in [4.69, 9.17) is 4.74 Å². The first-order valence-corrected chi connectivity index (χ1v) is 10.9. The average molecular weight is 430 g/mol. The SMILES string of the molecule is COc1ccc(C2CCCCN(S(=O)(=O)c3ccc(Br)s3)C2)cc1. The van der Waals surface area contributed by atoms with E-state index < -0.39 is 10.0 Å². The van der Waals surface area contributed by atoms with Crippen LogP contribution in [-0.4, -0.2) is 32.9 Å². The lowest BCUT2D eigenvalue weighted by atomic mass is 9.94. The lowest BCUT2D eigenvalue weighted by Gasteiger charge is -2.23. The van der Waals surface area contributed by atoms with E-state index in [1.54, 1.807) is 23.5 Å². The first-order chi connectivity index (χ1) is 11.5. The maximum absolute atomic E-state index is 12.9. The number of sulfonamides is 1. The molecule has 0 N–H and O–H groups in total. The Morgan fingerprint density at radius 1 is 1.17 bits per heavy atom. The van der Waals surface area contributed by atoms with E-state index in [-0.39, 0.29) is 5.92 Å². The Morgan fingerprint density at radius 3 is 2.54 bits per heavy atom. The summed E-state index contributed by atoms with van der Waals surface area (Å²) in [6.07, 6.45) is 2.95. The van der Waals surface area contributed by atoms with Crippen molar-refractivity contribution in [3.8, 4) is 5.75 Å². The van der Waals surface area contributed by atoms with Crippen LogP contribution in [0.3, 0.4) is 0 Å². The Labute approximate surface area is 155 Å². The molecule has 3 rings (SSSR count). The molecule has 1 aromatic heterocycles. The van der Waals surface area contributed by atoms with Crippen LogP contribution in [-0.2, 0) is 10.0 Å². The molecule has 0 amide bonds. The third-order valence-corrected chi connectivity index (χ3v) is 8.32. The molecule has 1 fully saturated rings. The fourth-order valence-electron chi connectivity index (χ4n) is 3.04. The smallest absolute Gasteiger partial charge is 0.252 e. The lowest BCUT2D eigenvalue weighted by Crippen LogP contribution is -2.33. The number of hydrogen-bond donors (Lipinski definition) is 0. The van der Waals surface area contributed by atoms with Crippen LogP contribution in [0.15, 0.2) is 44.4 Å². The van der Waals surface area contributed by atoms with Gasteiger partial charge in [-0.1, -0.05) is 18.6 Å². The Balaban J connectivity index is 1.84. The van der Waals surface area contributed by atoms with Crippen LogP contribution in [0.25, 0.3) is 0 Å². The van der Waals surface area contributed by atoms with Gasteiger partial charge in [0, 0.05) is 13.1 Å². The minimum atomic E-state index is -3.42. The standard InChI is InChI=1S/C17H20BrNO3S2/c1-22-15-7-5-13(6-8-15)14-4-2-3-11-19(12-14)24(20,21)17-10-9-16(18)23-17/h5-10,14H,2-4,11-12H2,1H3. The largest absolute Gasteiger partial charge is 0.497 e. The molecule has 0 spiro atoms. The summed E-state index contributed by atoms with van der Waals surface area (Å²) in [6, 6.07) is 11.4. The van der Waals surface area contributed by atoms with E-state index in [1.165, 1.54) is 16.9 Å². The summed E-state index contributed by atoms with van der Waals surface area (Å²) in [7, 11) is -1.77. The zero-order valence-electron chi connectivity index (χ0n) is 13.4. The number of thiophene rings is 1. The van der Waals surface area contributed by atoms with Crippen LogP contribution in [0.5, 0.6) is 5.75 Å². The molecule has 1 atom stereocenters. The highest BCUT2D eigenvalue weighted by Gasteiger charge is 2.30. The second-order valence-electron chi connectivity index (χ2n) is 5.89. The van der Waals surface area contributed by atoms with Crippen molar-refractivity contribution >= 4 is 37.3 Å². The highest BCUT2D eigenvalue weighted by Crippen LogP contribution is 2.33. The third-order valence-electron chi connectivity index (χ3n) is 4.36. The molecule has 1 aromatic carbocycles. The van der Waals surface area contributed by atoms with Gasteiger partial charge in [0.05, 0.1) is 10.9 Å². The van der Waals surface area contributed by atoms with Crippen LogP contribution in [0.2, 0.25) is 0 Å². The van der Waals surface area contributed by atoms with Gasteiger partial charge < -0.3 is 4.74 Å². The van der Waals surface area contributed by atoms with Crippen molar-refractivity contribution in [1.82, 2.24) is 4.31 Å². The monoisotopic (exact) mass is 429 g/mol. The lowest BCUT2D eigenvalue weighted by molar-refractivity contribution is 0.405. The summed E-state index contributed by atoms with van der Waals surface area (Å²) in [4.78, 5) is 0. The van der Waals surface area contributed by atoms with Crippen molar-refractivity contribution in [3.63, 3.8) is 0 Å². The molecular formula is C17H20BrNO3S2. The molecular weight excluding hydrogens is 410 g/mol. The second kappa shape index (κ2) is 7.56. The fourth-order valence-corrected chi connectivity index (χ4v) is 6.73. The van der Waals surface area contributed by atoms with Crippen LogP contribution < -0.4 is 4.74 Å².